The first-order valence-corrected chi connectivity index (χ1v) is 10.7. The van der Waals surface area contributed by atoms with Gasteiger partial charge in [0.1, 0.15) is 11.5 Å². The maximum absolute atomic E-state index is 14.8. The summed E-state index contributed by atoms with van der Waals surface area (Å²) in [6, 6.07) is 15.7. The minimum atomic E-state index is -1.11. The molecule has 4 aromatic rings. The van der Waals surface area contributed by atoms with Crippen molar-refractivity contribution in [2.24, 2.45) is 0 Å². The van der Waals surface area contributed by atoms with Gasteiger partial charge >= 0.3 is 5.97 Å². The first-order chi connectivity index (χ1) is 16.9. The van der Waals surface area contributed by atoms with E-state index in [0.29, 0.717) is 34.9 Å². The number of carboxylic acid groups (broad SMARTS) is 1. The van der Waals surface area contributed by atoms with E-state index in [1.807, 2.05) is 6.07 Å². The summed E-state index contributed by atoms with van der Waals surface area (Å²) in [7, 11) is 3.07. The zero-order valence-electron chi connectivity index (χ0n) is 18.8. The normalized spacial score (nSPS) is 11.5. The third kappa shape index (κ3) is 3.76. The third-order valence-electron chi connectivity index (χ3n) is 5.88. The number of carbonyl (C=O) groups excluding carboxylic acids is 1. The van der Waals surface area contributed by atoms with Gasteiger partial charge in [0, 0.05) is 23.2 Å². The Morgan fingerprint density at radius 3 is 2.49 bits per heavy atom. The van der Waals surface area contributed by atoms with Crippen molar-refractivity contribution in [2.45, 2.75) is 6.42 Å². The van der Waals surface area contributed by atoms with Crippen molar-refractivity contribution in [1.29, 1.82) is 0 Å². The second-order valence-corrected chi connectivity index (χ2v) is 7.92. The summed E-state index contributed by atoms with van der Waals surface area (Å²) < 4.78 is 27.1. The lowest BCUT2D eigenvalue weighted by Gasteiger charge is -2.12. The van der Waals surface area contributed by atoms with E-state index in [1.165, 1.54) is 43.2 Å². The lowest BCUT2D eigenvalue weighted by molar-refractivity contribution is 0.0696. The highest BCUT2D eigenvalue weighted by atomic mass is 19.1. The Bertz CT molecular complexity index is 1490. The van der Waals surface area contributed by atoms with Crippen molar-refractivity contribution in [1.82, 2.24) is 9.78 Å². The average Bonchev–Trinajstić information content (AvgIpc) is 3.40. The van der Waals surface area contributed by atoms with Crippen molar-refractivity contribution in [2.75, 3.05) is 19.5 Å². The molecule has 1 amide bonds. The lowest BCUT2D eigenvalue weighted by Crippen LogP contribution is -2.15. The standard InChI is InChI=1S/C26H20FN3O5/c1-34-21-12-15-11-18-23(25(31)28-16-7-5-6-14(10-16)26(32)33)29-30(20-9-4-3-8-19(20)27)24(18)17(15)13-22(21)35-2/h3-10,12-13H,11H2,1-2H3,(H,28,31)(H,32,33). The molecule has 1 heterocycles. The minimum absolute atomic E-state index is 0.0384. The van der Waals surface area contributed by atoms with Gasteiger partial charge in [0.05, 0.1) is 25.5 Å². The van der Waals surface area contributed by atoms with Crippen molar-refractivity contribution in [3.63, 3.8) is 0 Å². The van der Waals surface area contributed by atoms with E-state index in [9.17, 15) is 19.1 Å². The fourth-order valence-electron chi connectivity index (χ4n) is 4.27. The SMILES string of the molecule is COc1cc2c(cc1OC)-c1c(c(C(=O)Nc3cccc(C(=O)O)c3)nn1-c1ccccc1F)C2. The van der Waals surface area contributed by atoms with Gasteiger partial charge in [0.25, 0.3) is 5.91 Å². The summed E-state index contributed by atoms with van der Waals surface area (Å²) in [4.78, 5) is 24.6. The van der Waals surface area contributed by atoms with Crippen LogP contribution in [0.3, 0.4) is 0 Å². The number of carboxylic acids is 1. The number of carbonyl (C=O) groups is 2. The van der Waals surface area contributed by atoms with Crippen LogP contribution in [0.5, 0.6) is 11.5 Å². The number of para-hydroxylation sites is 1. The van der Waals surface area contributed by atoms with Crippen molar-refractivity contribution >= 4 is 17.6 Å². The number of hydrogen-bond donors (Lipinski definition) is 2. The van der Waals surface area contributed by atoms with Crippen LogP contribution in [-0.2, 0) is 6.42 Å². The molecule has 0 radical (unpaired) electrons. The molecule has 176 valence electrons. The quantitative estimate of drug-likeness (QED) is 0.375. The van der Waals surface area contributed by atoms with Gasteiger partial charge in [-0.25, -0.2) is 13.9 Å². The second-order valence-electron chi connectivity index (χ2n) is 7.92. The summed E-state index contributed by atoms with van der Waals surface area (Å²) in [6.45, 7) is 0. The van der Waals surface area contributed by atoms with Crippen molar-refractivity contribution in [3.8, 4) is 28.4 Å². The highest BCUT2D eigenvalue weighted by Gasteiger charge is 2.33. The number of benzene rings is 3. The van der Waals surface area contributed by atoms with Gasteiger partial charge in [0.2, 0.25) is 0 Å². The Kier molecular flexibility index (Phi) is 5.44. The number of fused-ring (bicyclic) bond motifs is 3. The van der Waals surface area contributed by atoms with Crippen molar-refractivity contribution in [3.05, 3.63) is 88.9 Å². The number of methoxy groups -OCH3 is 2. The molecule has 35 heavy (non-hydrogen) atoms. The zero-order chi connectivity index (χ0) is 24.7. The molecular weight excluding hydrogens is 453 g/mol. The van der Waals surface area contributed by atoms with Crippen LogP contribution in [0.25, 0.3) is 16.9 Å². The van der Waals surface area contributed by atoms with E-state index in [0.717, 1.165) is 11.1 Å². The van der Waals surface area contributed by atoms with E-state index >= 15 is 0 Å². The number of aromatic nitrogens is 2. The molecule has 2 N–H and O–H groups in total. The summed E-state index contributed by atoms with van der Waals surface area (Å²) in [5.41, 5.74) is 3.47. The Hall–Kier alpha value is -4.66. The number of nitrogens with zero attached hydrogens (tertiary/aromatic N) is 2. The predicted molar refractivity (Wildman–Crippen MR) is 126 cm³/mol. The third-order valence-corrected chi connectivity index (χ3v) is 5.88. The lowest BCUT2D eigenvalue weighted by atomic mass is 10.1. The van der Waals surface area contributed by atoms with Crippen LogP contribution in [0.4, 0.5) is 10.1 Å². The molecule has 1 aromatic heterocycles. The Balaban J connectivity index is 1.65. The first-order valence-electron chi connectivity index (χ1n) is 10.7. The molecule has 0 aliphatic heterocycles. The molecule has 3 aromatic carbocycles. The molecule has 5 rings (SSSR count). The Morgan fingerprint density at radius 1 is 1.03 bits per heavy atom. The summed E-state index contributed by atoms with van der Waals surface area (Å²) >= 11 is 0. The monoisotopic (exact) mass is 473 g/mol. The fraction of sp³-hybridized carbons (Fsp3) is 0.115. The fourth-order valence-corrected chi connectivity index (χ4v) is 4.27. The number of hydrogen-bond acceptors (Lipinski definition) is 5. The van der Waals surface area contributed by atoms with Gasteiger partial charge in [-0.3, -0.25) is 4.79 Å². The molecule has 9 heteroatoms. The van der Waals surface area contributed by atoms with E-state index in [2.05, 4.69) is 10.4 Å². The highest BCUT2D eigenvalue weighted by molar-refractivity contribution is 6.06. The highest BCUT2D eigenvalue weighted by Crippen LogP contribution is 2.45. The minimum Gasteiger partial charge on any atom is -0.493 e. The number of anilines is 1. The Morgan fingerprint density at radius 2 is 1.77 bits per heavy atom. The van der Waals surface area contributed by atoms with Gasteiger partial charge < -0.3 is 19.9 Å². The molecule has 0 atom stereocenters. The number of aromatic carboxylic acids is 1. The second kappa shape index (κ2) is 8.60. The Labute approximate surface area is 199 Å². The van der Waals surface area contributed by atoms with Gasteiger partial charge in [-0.2, -0.15) is 5.10 Å². The molecule has 0 bridgehead atoms. The van der Waals surface area contributed by atoms with E-state index in [-0.39, 0.29) is 16.9 Å². The van der Waals surface area contributed by atoms with E-state index < -0.39 is 17.7 Å². The van der Waals surface area contributed by atoms with Gasteiger partial charge in [-0.1, -0.05) is 18.2 Å². The van der Waals surface area contributed by atoms with Crippen LogP contribution in [0, 0.1) is 5.82 Å². The van der Waals surface area contributed by atoms with Gasteiger partial charge in [-0.05, 0) is 48.0 Å². The van der Waals surface area contributed by atoms with Gasteiger partial charge in [-0.15, -0.1) is 0 Å². The molecule has 1 aliphatic rings. The van der Waals surface area contributed by atoms with E-state index in [4.69, 9.17) is 9.47 Å². The van der Waals surface area contributed by atoms with Crippen LogP contribution in [0.1, 0.15) is 32.0 Å². The van der Waals surface area contributed by atoms with Crippen LogP contribution in [-0.4, -0.2) is 41.0 Å². The molecule has 0 spiro atoms. The maximum Gasteiger partial charge on any atom is 0.335 e. The predicted octanol–water partition coefficient (Wildman–Crippen LogP) is 4.55. The van der Waals surface area contributed by atoms with E-state index in [1.54, 1.807) is 30.3 Å². The molecule has 8 nitrogen and oxygen atoms in total. The number of nitrogens with one attached hydrogen (secondary N) is 1. The molecule has 0 saturated carbocycles. The number of rotatable bonds is 6. The number of halogens is 1. The average molecular weight is 473 g/mol. The number of ether oxygens (including phenoxy) is 2. The molecule has 0 saturated heterocycles. The van der Waals surface area contributed by atoms with Crippen LogP contribution in [0.15, 0.2) is 60.7 Å². The van der Waals surface area contributed by atoms with Crippen LogP contribution < -0.4 is 14.8 Å². The molecule has 0 fully saturated rings. The number of amides is 1. The maximum atomic E-state index is 14.8. The smallest absolute Gasteiger partial charge is 0.335 e. The van der Waals surface area contributed by atoms with Crippen LogP contribution in [0.2, 0.25) is 0 Å². The first kappa shape index (κ1) is 22.1. The molecule has 0 unspecified atom stereocenters. The topological polar surface area (TPSA) is 103 Å². The molecular formula is C26H20FN3O5. The summed E-state index contributed by atoms with van der Waals surface area (Å²) in [5, 5.41) is 16.4. The summed E-state index contributed by atoms with van der Waals surface area (Å²) in [6.07, 6.45) is 0.372. The van der Waals surface area contributed by atoms with Crippen LogP contribution >= 0.6 is 0 Å². The van der Waals surface area contributed by atoms with Gasteiger partial charge in [0.15, 0.2) is 17.2 Å². The van der Waals surface area contributed by atoms with Crippen molar-refractivity contribution < 1.29 is 28.6 Å². The molecule has 1 aliphatic carbocycles. The zero-order valence-corrected chi connectivity index (χ0v) is 18.8. The largest absolute Gasteiger partial charge is 0.493 e. The summed E-state index contributed by atoms with van der Waals surface area (Å²) in [5.74, 6) is -1.10.